The minimum Gasteiger partial charge on any atom is -0.409 e. The van der Waals surface area contributed by atoms with E-state index in [1.165, 1.54) is 18.5 Å². The van der Waals surface area contributed by atoms with Crippen LogP contribution in [-0.4, -0.2) is 24.1 Å². The zero-order valence-corrected chi connectivity index (χ0v) is 8.72. The second kappa shape index (κ2) is 3.81. The van der Waals surface area contributed by atoms with Crippen molar-refractivity contribution < 1.29 is 5.21 Å². The van der Waals surface area contributed by atoms with Gasteiger partial charge in [0.15, 0.2) is 5.84 Å². The van der Waals surface area contributed by atoms with Crippen LogP contribution in [0.25, 0.3) is 0 Å². The summed E-state index contributed by atoms with van der Waals surface area (Å²) in [6.45, 7) is 0. The third kappa shape index (κ3) is 2.03. The van der Waals surface area contributed by atoms with E-state index in [4.69, 9.17) is 10.9 Å². The van der Waals surface area contributed by atoms with Gasteiger partial charge >= 0.3 is 0 Å². The van der Waals surface area contributed by atoms with E-state index in [1.807, 2.05) is 24.3 Å². The van der Waals surface area contributed by atoms with E-state index in [0.717, 1.165) is 5.56 Å². The average Bonchev–Trinajstić information content (AvgIpc) is 3.11. The highest BCUT2D eigenvalue weighted by atomic mass is 16.4. The molecule has 0 bridgehead atoms. The van der Waals surface area contributed by atoms with Crippen LogP contribution >= 0.6 is 0 Å². The molecule has 3 N–H and O–H groups in total. The first-order valence-corrected chi connectivity index (χ1v) is 5.03. The Bertz CT molecular complexity index is 368. The lowest BCUT2D eigenvalue weighted by atomic mass is 10.2. The summed E-state index contributed by atoms with van der Waals surface area (Å²) in [5.74, 6) is 0.149. The van der Waals surface area contributed by atoms with Crippen molar-refractivity contribution in [3.8, 4) is 0 Å². The Morgan fingerprint density at radius 1 is 1.40 bits per heavy atom. The molecule has 0 heterocycles. The highest BCUT2D eigenvalue weighted by Gasteiger charge is 2.26. The molecule has 1 saturated carbocycles. The number of hydrogen-bond acceptors (Lipinski definition) is 3. The number of nitrogens with two attached hydrogens (primary N) is 1. The third-order valence-corrected chi connectivity index (χ3v) is 2.77. The maximum atomic E-state index is 8.52. The van der Waals surface area contributed by atoms with Gasteiger partial charge in [0.05, 0.1) is 0 Å². The Labute approximate surface area is 89.0 Å². The monoisotopic (exact) mass is 205 g/mol. The molecule has 1 aliphatic carbocycles. The second-order valence-electron chi connectivity index (χ2n) is 3.87. The molecular weight excluding hydrogens is 190 g/mol. The SMILES string of the molecule is CN(c1ccc(/C(N)=N/O)cc1)C1CC1. The zero-order chi connectivity index (χ0) is 10.8. The number of nitrogens with zero attached hydrogens (tertiary/aromatic N) is 2. The predicted octanol–water partition coefficient (Wildman–Crippen LogP) is 1.38. The van der Waals surface area contributed by atoms with Crippen LogP contribution in [0.2, 0.25) is 0 Å². The van der Waals surface area contributed by atoms with Crippen molar-refractivity contribution in [1.82, 2.24) is 0 Å². The predicted molar refractivity (Wildman–Crippen MR) is 60.4 cm³/mol. The van der Waals surface area contributed by atoms with E-state index in [0.29, 0.717) is 6.04 Å². The smallest absolute Gasteiger partial charge is 0.170 e. The van der Waals surface area contributed by atoms with Gasteiger partial charge in [-0.3, -0.25) is 0 Å². The number of oxime groups is 1. The Kier molecular flexibility index (Phi) is 2.49. The molecule has 4 heteroatoms. The molecule has 0 saturated heterocycles. The lowest BCUT2D eigenvalue weighted by molar-refractivity contribution is 0.318. The van der Waals surface area contributed by atoms with Crippen molar-refractivity contribution in [2.75, 3.05) is 11.9 Å². The molecule has 1 aliphatic rings. The zero-order valence-electron chi connectivity index (χ0n) is 8.72. The van der Waals surface area contributed by atoms with Gasteiger partial charge in [-0.2, -0.15) is 0 Å². The minimum atomic E-state index is 0.149. The number of anilines is 1. The molecule has 0 aromatic heterocycles. The molecule has 1 fully saturated rings. The quantitative estimate of drug-likeness (QED) is 0.339. The Balaban J connectivity index is 2.16. The Morgan fingerprint density at radius 2 is 2.00 bits per heavy atom. The van der Waals surface area contributed by atoms with Crippen LogP contribution < -0.4 is 10.6 Å². The average molecular weight is 205 g/mol. The summed E-state index contributed by atoms with van der Waals surface area (Å²) in [6, 6.07) is 8.41. The van der Waals surface area contributed by atoms with Gasteiger partial charge in [0.25, 0.3) is 0 Å². The topological polar surface area (TPSA) is 61.8 Å². The van der Waals surface area contributed by atoms with Gasteiger partial charge in [-0.25, -0.2) is 0 Å². The van der Waals surface area contributed by atoms with E-state index < -0.39 is 0 Å². The summed E-state index contributed by atoms with van der Waals surface area (Å²) in [5.41, 5.74) is 7.39. The van der Waals surface area contributed by atoms with Crippen LogP contribution in [0.1, 0.15) is 18.4 Å². The van der Waals surface area contributed by atoms with Crippen molar-refractivity contribution in [2.24, 2.45) is 10.9 Å². The fraction of sp³-hybridized carbons (Fsp3) is 0.364. The first-order chi connectivity index (χ1) is 7.22. The van der Waals surface area contributed by atoms with Gasteiger partial charge < -0.3 is 15.8 Å². The summed E-state index contributed by atoms with van der Waals surface area (Å²) in [7, 11) is 2.09. The number of hydrogen-bond donors (Lipinski definition) is 2. The van der Waals surface area contributed by atoms with Gasteiger partial charge in [-0.1, -0.05) is 5.16 Å². The first-order valence-electron chi connectivity index (χ1n) is 5.03. The van der Waals surface area contributed by atoms with E-state index in [1.54, 1.807) is 0 Å². The van der Waals surface area contributed by atoms with Gasteiger partial charge in [-0.15, -0.1) is 0 Å². The van der Waals surface area contributed by atoms with Crippen LogP contribution in [0.4, 0.5) is 5.69 Å². The largest absolute Gasteiger partial charge is 0.409 e. The van der Waals surface area contributed by atoms with Crippen LogP contribution in [0, 0.1) is 0 Å². The second-order valence-corrected chi connectivity index (χ2v) is 3.87. The highest BCUT2D eigenvalue weighted by molar-refractivity contribution is 5.97. The van der Waals surface area contributed by atoms with Gasteiger partial charge in [-0.05, 0) is 37.1 Å². The molecule has 80 valence electrons. The molecule has 0 amide bonds. The fourth-order valence-corrected chi connectivity index (χ4v) is 1.60. The lowest BCUT2D eigenvalue weighted by Gasteiger charge is -2.18. The minimum absolute atomic E-state index is 0.149. The molecule has 15 heavy (non-hydrogen) atoms. The molecule has 4 nitrogen and oxygen atoms in total. The maximum absolute atomic E-state index is 8.52. The Hall–Kier alpha value is -1.71. The van der Waals surface area contributed by atoms with Crippen molar-refractivity contribution in [2.45, 2.75) is 18.9 Å². The molecule has 0 unspecified atom stereocenters. The molecule has 1 aromatic carbocycles. The summed E-state index contributed by atoms with van der Waals surface area (Å²) in [6.07, 6.45) is 2.55. The molecule has 0 aliphatic heterocycles. The number of benzene rings is 1. The molecule has 2 rings (SSSR count). The van der Waals surface area contributed by atoms with E-state index in [9.17, 15) is 0 Å². The van der Waals surface area contributed by atoms with Crippen molar-refractivity contribution in [3.05, 3.63) is 29.8 Å². The summed E-state index contributed by atoms with van der Waals surface area (Å²) >= 11 is 0. The van der Waals surface area contributed by atoms with Crippen molar-refractivity contribution >= 4 is 11.5 Å². The highest BCUT2D eigenvalue weighted by Crippen LogP contribution is 2.29. The molecular formula is C11H15N3O. The Morgan fingerprint density at radius 3 is 2.47 bits per heavy atom. The molecule has 0 spiro atoms. The van der Waals surface area contributed by atoms with Crippen molar-refractivity contribution in [1.29, 1.82) is 0 Å². The van der Waals surface area contributed by atoms with Gasteiger partial charge in [0, 0.05) is 24.3 Å². The summed E-state index contributed by atoms with van der Waals surface area (Å²) < 4.78 is 0. The van der Waals surface area contributed by atoms with Gasteiger partial charge in [0.2, 0.25) is 0 Å². The van der Waals surface area contributed by atoms with E-state index in [-0.39, 0.29) is 5.84 Å². The lowest BCUT2D eigenvalue weighted by Crippen LogP contribution is -2.19. The van der Waals surface area contributed by atoms with Crippen LogP contribution in [-0.2, 0) is 0 Å². The fourth-order valence-electron chi connectivity index (χ4n) is 1.60. The number of rotatable bonds is 3. The first kappa shape index (κ1) is 9.83. The number of amidine groups is 1. The van der Waals surface area contributed by atoms with Gasteiger partial charge in [0.1, 0.15) is 0 Å². The molecule has 1 aromatic rings. The molecule has 0 atom stereocenters. The standard InChI is InChI=1S/C11H15N3O/c1-14(10-6-7-10)9-4-2-8(3-5-9)11(12)13-15/h2-5,10,15H,6-7H2,1H3,(H2,12,13). The summed E-state index contributed by atoms with van der Waals surface area (Å²) in [4.78, 5) is 2.26. The van der Waals surface area contributed by atoms with Crippen LogP contribution in [0.15, 0.2) is 29.4 Å². The molecule has 0 radical (unpaired) electrons. The van der Waals surface area contributed by atoms with Crippen LogP contribution in [0.5, 0.6) is 0 Å². The third-order valence-electron chi connectivity index (χ3n) is 2.77. The van der Waals surface area contributed by atoms with E-state index >= 15 is 0 Å². The normalized spacial score (nSPS) is 16.5. The maximum Gasteiger partial charge on any atom is 0.170 e. The summed E-state index contributed by atoms with van der Waals surface area (Å²) in [5, 5.41) is 11.5. The van der Waals surface area contributed by atoms with E-state index in [2.05, 4.69) is 17.1 Å². The van der Waals surface area contributed by atoms with Crippen molar-refractivity contribution in [3.63, 3.8) is 0 Å². The van der Waals surface area contributed by atoms with Crippen LogP contribution in [0.3, 0.4) is 0 Å².